The zero-order valence-electron chi connectivity index (χ0n) is 13.5. The smallest absolute Gasteiger partial charge is 0.228 e. The number of benzene rings is 2. The lowest BCUT2D eigenvalue weighted by molar-refractivity contribution is 0.101. The predicted molar refractivity (Wildman–Crippen MR) is 91.9 cm³/mol. The Bertz CT molecular complexity index is 961. The van der Waals surface area contributed by atoms with E-state index in [1.165, 1.54) is 0 Å². The molecule has 120 valence electrons. The van der Waals surface area contributed by atoms with Crippen LogP contribution < -0.4 is 9.47 Å². The summed E-state index contributed by atoms with van der Waals surface area (Å²) >= 11 is 0. The average molecular weight is 320 g/mol. The molecule has 0 atom stereocenters. The number of furan rings is 1. The summed E-state index contributed by atoms with van der Waals surface area (Å²) in [5.41, 5.74) is 2.99. The molecule has 0 amide bonds. The lowest BCUT2D eigenvalue weighted by Crippen LogP contribution is -2.01. The highest BCUT2D eigenvalue weighted by Gasteiger charge is 2.22. The van der Waals surface area contributed by atoms with Crippen LogP contribution in [0.1, 0.15) is 27.2 Å². The van der Waals surface area contributed by atoms with Gasteiger partial charge in [-0.15, -0.1) is 0 Å². The SMILES string of the molecule is COc1ccc(C(=O)c2oc3c4c(ccc3c2C)OCC=C4)cc1. The molecule has 0 aliphatic carbocycles. The van der Waals surface area contributed by atoms with Crippen molar-refractivity contribution in [3.8, 4) is 11.5 Å². The number of fused-ring (bicyclic) bond motifs is 3. The Morgan fingerprint density at radius 1 is 1.12 bits per heavy atom. The van der Waals surface area contributed by atoms with E-state index in [2.05, 4.69) is 0 Å². The molecule has 1 aliphatic heterocycles. The Kier molecular flexibility index (Phi) is 3.38. The van der Waals surface area contributed by atoms with Crippen molar-refractivity contribution in [3.63, 3.8) is 0 Å². The molecule has 3 aromatic rings. The second kappa shape index (κ2) is 5.57. The van der Waals surface area contributed by atoms with Crippen LogP contribution in [0.2, 0.25) is 0 Å². The fourth-order valence-electron chi connectivity index (χ4n) is 2.97. The summed E-state index contributed by atoms with van der Waals surface area (Å²) < 4.78 is 16.7. The van der Waals surface area contributed by atoms with E-state index in [4.69, 9.17) is 13.9 Å². The van der Waals surface area contributed by atoms with E-state index in [9.17, 15) is 4.79 Å². The second-order valence-corrected chi connectivity index (χ2v) is 5.68. The zero-order chi connectivity index (χ0) is 16.7. The predicted octanol–water partition coefficient (Wildman–Crippen LogP) is 4.39. The molecule has 0 saturated heterocycles. The van der Waals surface area contributed by atoms with Crippen molar-refractivity contribution in [3.05, 3.63) is 64.9 Å². The average Bonchev–Trinajstić information content (AvgIpc) is 2.98. The molecule has 24 heavy (non-hydrogen) atoms. The Labute approximate surface area is 139 Å². The summed E-state index contributed by atoms with van der Waals surface area (Å²) in [7, 11) is 1.60. The quantitative estimate of drug-likeness (QED) is 0.672. The highest BCUT2D eigenvalue weighted by atomic mass is 16.5. The van der Waals surface area contributed by atoms with Crippen molar-refractivity contribution in [2.45, 2.75) is 6.92 Å². The Balaban J connectivity index is 1.83. The minimum atomic E-state index is -0.138. The molecule has 4 rings (SSSR count). The van der Waals surface area contributed by atoms with Gasteiger partial charge in [-0.3, -0.25) is 4.79 Å². The first-order chi connectivity index (χ1) is 11.7. The van der Waals surface area contributed by atoms with Gasteiger partial charge in [-0.25, -0.2) is 0 Å². The maximum absolute atomic E-state index is 12.8. The first-order valence-electron chi connectivity index (χ1n) is 7.73. The summed E-state index contributed by atoms with van der Waals surface area (Å²) in [6, 6.07) is 10.9. The number of carbonyl (C=O) groups excluding carboxylic acids is 1. The fraction of sp³-hybridized carbons (Fsp3) is 0.150. The zero-order valence-corrected chi connectivity index (χ0v) is 13.5. The molecule has 1 aliphatic rings. The molecule has 0 saturated carbocycles. The molecule has 0 bridgehead atoms. The van der Waals surface area contributed by atoms with Crippen molar-refractivity contribution in [2.24, 2.45) is 0 Å². The normalized spacial score (nSPS) is 12.8. The van der Waals surface area contributed by atoms with Crippen LogP contribution >= 0.6 is 0 Å². The molecule has 0 fully saturated rings. The number of rotatable bonds is 3. The van der Waals surface area contributed by atoms with Gasteiger partial charge in [0.1, 0.15) is 23.7 Å². The summed E-state index contributed by atoms with van der Waals surface area (Å²) in [5.74, 6) is 1.72. The summed E-state index contributed by atoms with van der Waals surface area (Å²) in [5, 5.41) is 0.931. The van der Waals surface area contributed by atoms with E-state index in [0.29, 0.717) is 29.3 Å². The summed E-state index contributed by atoms with van der Waals surface area (Å²) in [6.07, 6.45) is 3.91. The van der Waals surface area contributed by atoms with Gasteiger partial charge < -0.3 is 13.9 Å². The standard InChI is InChI=1S/C20H16O4/c1-12-15-9-10-17-16(4-3-11-23-17)20(15)24-19(12)18(21)13-5-7-14(22-2)8-6-13/h3-10H,11H2,1-2H3. The summed E-state index contributed by atoms with van der Waals surface area (Å²) in [6.45, 7) is 2.46. The molecule has 4 heteroatoms. The lowest BCUT2D eigenvalue weighted by Gasteiger charge is -2.11. The number of ketones is 1. The van der Waals surface area contributed by atoms with Gasteiger partial charge in [0.15, 0.2) is 5.76 Å². The molecule has 0 spiro atoms. The molecular weight excluding hydrogens is 304 g/mol. The van der Waals surface area contributed by atoms with Crippen molar-refractivity contribution < 1.29 is 18.7 Å². The molecule has 1 aromatic heterocycles. The number of ether oxygens (including phenoxy) is 2. The highest BCUT2D eigenvalue weighted by molar-refractivity contribution is 6.11. The van der Waals surface area contributed by atoms with E-state index in [1.54, 1.807) is 31.4 Å². The van der Waals surface area contributed by atoms with Gasteiger partial charge in [-0.05, 0) is 55.5 Å². The lowest BCUT2D eigenvalue weighted by atomic mass is 10.0. The molecule has 0 radical (unpaired) electrons. The monoisotopic (exact) mass is 320 g/mol. The molecule has 2 heterocycles. The van der Waals surface area contributed by atoms with Gasteiger partial charge in [-0.2, -0.15) is 0 Å². The molecule has 0 unspecified atom stereocenters. The number of aryl methyl sites for hydroxylation is 1. The molecule has 2 aromatic carbocycles. The van der Waals surface area contributed by atoms with Crippen molar-refractivity contribution >= 4 is 22.8 Å². The van der Waals surface area contributed by atoms with Gasteiger partial charge in [0, 0.05) is 16.5 Å². The van der Waals surface area contributed by atoms with Crippen LogP contribution in [0.15, 0.2) is 46.9 Å². The number of carbonyl (C=O) groups is 1. The minimum Gasteiger partial charge on any atom is -0.497 e. The van der Waals surface area contributed by atoms with Crippen LogP contribution in [0, 0.1) is 6.92 Å². The van der Waals surface area contributed by atoms with E-state index in [-0.39, 0.29) is 5.78 Å². The highest BCUT2D eigenvalue weighted by Crippen LogP contribution is 2.36. The molecule has 0 N–H and O–H groups in total. The number of hydrogen-bond donors (Lipinski definition) is 0. The third kappa shape index (κ3) is 2.19. The van der Waals surface area contributed by atoms with E-state index < -0.39 is 0 Å². The van der Waals surface area contributed by atoms with Gasteiger partial charge in [0.2, 0.25) is 5.78 Å². The van der Waals surface area contributed by atoms with Crippen molar-refractivity contribution in [1.29, 1.82) is 0 Å². The third-order valence-corrected chi connectivity index (χ3v) is 4.28. The van der Waals surface area contributed by atoms with Crippen molar-refractivity contribution in [2.75, 3.05) is 13.7 Å². The van der Waals surface area contributed by atoms with Gasteiger partial charge in [0.05, 0.1) is 12.7 Å². The van der Waals surface area contributed by atoms with Crippen molar-refractivity contribution in [1.82, 2.24) is 0 Å². The summed E-state index contributed by atoms with van der Waals surface area (Å²) in [4.78, 5) is 12.8. The van der Waals surface area contributed by atoms with Gasteiger partial charge in [-0.1, -0.05) is 0 Å². The Morgan fingerprint density at radius 2 is 1.92 bits per heavy atom. The van der Waals surface area contributed by atoms with Crippen LogP contribution in [0.25, 0.3) is 17.0 Å². The van der Waals surface area contributed by atoms with Gasteiger partial charge in [0.25, 0.3) is 0 Å². The van der Waals surface area contributed by atoms with E-state index >= 15 is 0 Å². The largest absolute Gasteiger partial charge is 0.497 e. The topological polar surface area (TPSA) is 48.7 Å². The van der Waals surface area contributed by atoms with E-state index in [0.717, 1.165) is 22.3 Å². The number of methoxy groups -OCH3 is 1. The fourth-order valence-corrected chi connectivity index (χ4v) is 2.97. The van der Waals surface area contributed by atoms with E-state index in [1.807, 2.05) is 31.2 Å². The molecular formula is C20H16O4. The van der Waals surface area contributed by atoms with Crippen LogP contribution in [-0.4, -0.2) is 19.5 Å². The van der Waals surface area contributed by atoms with Crippen LogP contribution in [-0.2, 0) is 0 Å². The Hall–Kier alpha value is -3.01. The maximum Gasteiger partial charge on any atom is 0.228 e. The first kappa shape index (κ1) is 14.6. The van der Waals surface area contributed by atoms with Gasteiger partial charge >= 0.3 is 0 Å². The molecule has 4 nitrogen and oxygen atoms in total. The van der Waals surface area contributed by atoms with Crippen LogP contribution in [0.4, 0.5) is 0 Å². The third-order valence-electron chi connectivity index (χ3n) is 4.28. The maximum atomic E-state index is 12.8. The number of hydrogen-bond acceptors (Lipinski definition) is 4. The second-order valence-electron chi connectivity index (χ2n) is 5.68. The minimum absolute atomic E-state index is 0.138. The van der Waals surface area contributed by atoms with Crippen LogP contribution in [0.5, 0.6) is 11.5 Å². The first-order valence-corrected chi connectivity index (χ1v) is 7.73. The van der Waals surface area contributed by atoms with Crippen LogP contribution in [0.3, 0.4) is 0 Å². The Morgan fingerprint density at radius 3 is 2.67 bits per heavy atom.